The van der Waals surface area contributed by atoms with E-state index >= 15 is 0 Å². The van der Waals surface area contributed by atoms with E-state index in [0.717, 1.165) is 0 Å². The fourth-order valence-electron chi connectivity index (χ4n) is 0.943. The van der Waals surface area contributed by atoms with Gasteiger partial charge in [-0.15, -0.1) is 0 Å². The van der Waals surface area contributed by atoms with Crippen molar-refractivity contribution in [1.82, 2.24) is 0 Å². The molecule has 0 unspecified atom stereocenters. The SMILES string of the molecule is C=C1N=C(C)C(C(=O)OCC)=NC1=O. The molecular weight excluding hydrogens is 184 g/mol. The van der Waals surface area contributed by atoms with Gasteiger partial charge in [0.05, 0.1) is 12.3 Å². The molecule has 0 saturated carbocycles. The second-order valence-electron chi connectivity index (χ2n) is 2.63. The van der Waals surface area contributed by atoms with Crippen LogP contribution in [0, 0.1) is 0 Å². The van der Waals surface area contributed by atoms with E-state index in [2.05, 4.69) is 16.6 Å². The lowest BCUT2D eigenvalue weighted by Crippen LogP contribution is -2.29. The third-order valence-corrected chi connectivity index (χ3v) is 1.57. The summed E-state index contributed by atoms with van der Waals surface area (Å²) in [7, 11) is 0. The van der Waals surface area contributed by atoms with Gasteiger partial charge in [0, 0.05) is 0 Å². The molecule has 0 fully saturated rings. The van der Waals surface area contributed by atoms with Gasteiger partial charge in [0.25, 0.3) is 5.91 Å². The molecule has 0 radical (unpaired) electrons. The number of nitrogens with zero attached hydrogens (tertiary/aromatic N) is 2. The molecule has 0 bridgehead atoms. The van der Waals surface area contributed by atoms with Crippen molar-refractivity contribution in [3.8, 4) is 0 Å². The van der Waals surface area contributed by atoms with Gasteiger partial charge < -0.3 is 4.74 Å². The Morgan fingerprint density at radius 1 is 1.50 bits per heavy atom. The predicted molar refractivity (Wildman–Crippen MR) is 51.3 cm³/mol. The average Bonchev–Trinajstić information content (AvgIpc) is 2.11. The zero-order chi connectivity index (χ0) is 10.7. The average molecular weight is 194 g/mol. The van der Waals surface area contributed by atoms with Gasteiger partial charge in [-0.25, -0.2) is 9.79 Å². The Morgan fingerprint density at radius 2 is 2.14 bits per heavy atom. The predicted octanol–water partition coefficient (Wildman–Crippen LogP) is 0.505. The molecule has 0 aromatic carbocycles. The van der Waals surface area contributed by atoms with Crippen LogP contribution < -0.4 is 0 Å². The minimum atomic E-state index is -0.630. The normalized spacial score (nSPS) is 16.1. The van der Waals surface area contributed by atoms with E-state index in [4.69, 9.17) is 4.74 Å². The minimum Gasteiger partial charge on any atom is -0.461 e. The molecule has 0 aromatic heterocycles. The Hall–Kier alpha value is -1.78. The molecule has 0 spiro atoms. The fraction of sp³-hybridized carbons (Fsp3) is 0.333. The van der Waals surface area contributed by atoms with Crippen molar-refractivity contribution < 1.29 is 14.3 Å². The van der Waals surface area contributed by atoms with Crippen LogP contribution in [0.25, 0.3) is 0 Å². The van der Waals surface area contributed by atoms with Crippen molar-refractivity contribution in [2.24, 2.45) is 9.98 Å². The van der Waals surface area contributed by atoms with Crippen LogP contribution in [0.5, 0.6) is 0 Å². The second-order valence-corrected chi connectivity index (χ2v) is 2.63. The largest absolute Gasteiger partial charge is 0.461 e. The van der Waals surface area contributed by atoms with Gasteiger partial charge in [-0.3, -0.25) is 4.79 Å². The monoisotopic (exact) mass is 194 g/mol. The van der Waals surface area contributed by atoms with Crippen molar-refractivity contribution in [3.05, 3.63) is 12.3 Å². The zero-order valence-corrected chi connectivity index (χ0v) is 8.03. The lowest BCUT2D eigenvalue weighted by molar-refractivity contribution is -0.135. The maximum atomic E-state index is 11.2. The number of hydrogen-bond donors (Lipinski definition) is 0. The number of esters is 1. The van der Waals surface area contributed by atoms with Gasteiger partial charge in [-0.05, 0) is 13.8 Å². The topological polar surface area (TPSA) is 68.1 Å². The molecule has 0 aromatic rings. The number of rotatable bonds is 2. The Balaban J connectivity index is 2.95. The molecule has 74 valence electrons. The van der Waals surface area contributed by atoms with Crippen molar-refractivity contribution >= 4 is 23.3 Å². The van der Waals surface area contributed by atoms with E-state index in [1.54, 1.807) is 13.8 Å². The van der Waals surface area contributed by atoms with Gasteiger partial charge >= 0.3 is 5.97 Å². The van der Waals surface area contributed by atoms with Crippen LogP contribution in [0.15, 0.2) is 22.3 Å². The highest BCUT2D eigenvalue weighted by atomic mass is 16.5. The smallest absolute Gasteiger partial charge is 0.358 e. The van der Waals surface area contributed by atoms with E-state index in [-0.39, 0.29) is 18.0 Å². The molecule has 0 aliphatic carbocycles. The first kappa shape index (κ1) is 10.3. The minimum absolute atomic E-state index is 0.0375. The summed E-state index contributed by atoms with van der Waals surface area (Å²) in [5, 5.41) is 0. The number of amides is 1. The van der Waals surface area contributed by atoms with Crippen molar-refractivity contribution in [3.63, 3.8) is 0 Å². The number of carbonyl (C=O) groups is 2. The zero-order valence-electron chi connectivity index (χ0n) is 8.03. The van der Waals surface area contributed by atoms with Gasteiger partial charge in [0.2, 0.25) is 0 Å². The van der Waals surface area contributed by atoms with Crippen LogP contribution in [0.1, 0.15) is 13.8 Å². The molecule has 1 heterocycles. The van der Waals surface area contributed by atoms with Crippen molar-refractivity contribution in [1.29, 1.82) is 0 Å². The van der Waals surface area contributed by atoms with Gasteiger partial charge in [-0.2, -0.15) is 4.99 Å². The first-order valence-electron chi connectivity index (χ1n) is 4.11. The van der Waals surface area contributed by atoms with E-state index in [1.165, 1.54) is 0 Å². The maximum absolute atomic E-state index is 11.2. The molecule has 1 aliphatic heterocycles. The number of aliphatic imine (C=N–C) groups is 2. The molecule has 5 heteroatoms. The molecule has 0 saturated heterocycles. The fourth-order valence-corrected chi connectivity index (χ4v) is 0.943. The van der Waals surface area contributed by atoms with E-state index in [0.29, 0.717) is 5.71 Å². The number of ether oxygens (including phenoxy) is 1. The Labute approximate surface area is 81.2 Å². The highest BCUT2D eigenvalue weighted by molar-refractivity contribution is 6.67. The standard InChI is InChI=1S/C9H10N2O3/c1-4-14-9(13)7-5(2)10-6(3)8(12)11-7/h3-4H2,1-2H3. The second kappa shape index (κ2) is 3.95. The molecule has 1 amide bonds. The Morgan fingerprint density at radius 3 is 2.71 bits per heavy atom. The highest BCUT2D eigenvalue weighted by Gasteiger charge is 2.23. The summed E-state index contributed by atoms with van der Waals surface area (Å²) in [6.45, 7) is 6.88. The quantitative estimate of drug-likeness (QED) is 0.475. The van der Waals surface area contributed by atoms with Gasteiger partial charge in [0.1, 0.15) is 5.70 Å². The molecule has 5 nitrogen and oxygen atoms in total. The Bertz CT molecular complexity index is 366. The summed E-state index contributed by atoms with van der Waals surface area (Å²) in [6.07, 6.45) is 0. The van der Waals surface area contributed by atoms with E-state index in [1.807, 2.05) is 0 Å². The summed E-state index contributed by atoms with van der Waals surface area (Å²) < 4.78 is 4.70. The first-order chi connectivity index (χ1) is 6.56. The van der Waals surface area contributed by atoms with Crippen molar-refractivity contribution in [2.45, 2.75) is 13.8 Å². The third kappa shape index (κ3) is 1.93. The summed E-state index contributed by atoms with van der Waals surface area (Å²) in [5.74, 6) is -1.23. The summed E-state index contributed by atoms with van der Waals surface area (Å²) in [5.41, 5.74) is 0.354. The molecule has 1 rings (SSSR count). The summed E-state index contributed by atoms with van der Waals surface area (Å²) in [4.78, 5) is 29.6. The van der Waals surface area contributed by atoms with Crippen LogP contribution in [0.4, 0.5) is 0 Å². The van der Waals surface area contributed by atoms with E-state index < -0.39 is 11.9 Å². The van der Waals surface area contributed by atoms with E-state index in [9.17, 15) is 9.59 Å². The molecule has 0 atom stereocenters. The summed E-state index contributed by atoms with van der Waals surface area (Å²) >= 11 is 0. The summed E-state index contributed by atoms with van der Waals surface area (Å²) in [6, 6.07) is 0. The van der Waals surface area contributed by atoms with Crippen LogP contribution in [0.3, 0.4) is 0 Å². The van der Waals surface area contributed by atoms with Crippen LogP contribution in [0.2, 0.25) is 0 Å². The maximum Gasteiger partial charge on any atom is 0.358 e. The molecule has 14 heavy (non-hydrogen) atoms. The van der Waals surface area contributed by atoms with Gasteiger partial charge in [0.15, 0.2) is 5.71 Å². The van der Waals surface area contributed by atoms with Crippen molar-refractivity contribution in [2.75, 3.05) is 6.61 Å². The first-order valence-corrected chi connectivity index (χ1v) is 4.11. The van der Waals surface area contributed by atoms with Crippen LogP contribution >= 0.6 is 0 Å². The highest BCUT2D eigenvalue weighted by Crippen LogP contribution is 2.06. The number of hydrogen-bond acceptors (Lipinski definition) is 4. The molecule has 1 aliphatic rings. The third-order valence-electron chi connectivity index (χ3n) is 1.57. The number of carbonyl (C=O) groups excluding carboxylic acids is 2. The van der Waals surface area contributed by atoms with Crippen LogP contribution in [-0.2, 0) is 14.3 Å². The van der Waals surface area contributed by atoms with Crippen LogP contribution in [-0.4, -0.2) is 29.9 Å². The lowest BCUT2D eigenvalue weighted by Gasteiger charge is -2.09. The Kier molecular flexibility index (Phi) is 2.91. The van der Waals surface area contributed by atoms with Gasteiger partial charge in [-0.1, -0.05) is 6.58 Å². The molecule has 0 N–H and O–H groups in total. The molecular formula is C9H10N2O3. The lowest BCUT2D eigenvalue weighted by atomic mass is 10.2.